The monoisotopic (exact) mass is 347 g/mol. The molecular formula is C12H14BrNO4S. The van der Waals surface area contributed by atoms with Crippen LogP contribution in [0.15, 0.2) is 22.9 Å². The summed E-state index contributed by atoms with van der Waals surface area (Å²) in [6.45, 7) is 0. The Morgan fingerprint density at radius 1 is 1.42 bits per heavy atom. The van der Waals surface area contributed by atoms with Crippen molar-refractivity contribution in [3.63, 3.8) is 0 Å². The lowest BCUT2D eigenvalue weighted by molar-refractivity contribution is -0.138. The number of halogens is 1. The van der Waals surface area contributed by atoms with Gasteiger partial charge in [0.25, 0.3) is 0 Å². The van der Waals surface area contributed by atoms with Crippen LogP contribution in [0.1, 0.15) is 24.8 Å². The van der Waals surface area contributed by atoms with Crippen molar-refractivity contribution in [2.24, 2.45) is 5.41 Å². The highest BCUT2D eigenvalue weighted by Crippen LogP contribution is 2.50. The van der Waals surface area contributed by atoms with Gasteiger partial charge in [0.1, 0.15) is 0 Å². The fourth-order valence-electron chi connectivity index (χ4n) is 2.18. The maximum Gasteiger partial charge on any atom is 0.303 e. The van der Waals surface area contributed by atoms with E-state index in [-0.39, 0.29) is 17.9 Å². The Kier molecular flexibility index (Phi) is 3.96. The Labute approximate surface area is 120 Å². The number of pyridine rings is 1. The van der Waals surface area contributed by atoms with Crippen molar-refractivity contribution in [1.29, 1.82) is 0 Å². The van der Waals surface area contributed by atoms with Crippen LogP contribution in [0.3, 0.4) is 0 Å². The first kappa shape index (κ1) is 14.5. The quantitative estimate of drug-likeness (QED) is 0.850. The van der Waals surface area contributed by atoms with Gasteiger partial charge in [-0.15, -0.1) is 0 Å². The average Bonchev–Trinajstić information content (AvgIpc) is 2.93. The number of carboxylic acids is 1. The van der Waals surface area contributed by atoms with E-state index in [4.69, 9.17) is 5.11 Å². The first-order valence-corrected chi connectivity index (χ1v) is 8.43. The number of hydrogen-bond acceptors (Lipinski definition) is 4. The normalized spacial score (nSPS) is 17.1. The van der Waals surface area contributed by atoms with E-state index in [0.29, 0.717) is 18.4 Å². The highest BCUT2D eigenvalue weighted by atomic mass is 79.9. The van der Waals surface area contributed by atoms with Gasteiger partial charge in [-0.1, -0.05) is 0 Å². The molecule has 7 heteroatoms. The summed E-state index contributed by atoms with van der Waals surface area (Å²) in [4.78, 5) is 14.7. The first-order chi connectivity index (χ1) is 8.80. The molecule has 0 aliphatic heterocycles. The molecule has 0 spiro atoms. The number of sulfone groups is 1. The van der Waals surface area contributed by atoms with E-state index >= 15 is 0 Å². The van der Waals surface area contributed by atoms with Gasteiger partial charge in [0, 0.05) is 16.9 Å². The predicted octanol–water partition coefficient (Wildman–Crippen LogP) is 2.01. The van der Waals surface area contributed by atoms with Gasteiger partial charge in [0.15, 0.2) is 9.84 Å². The minimum atomic E-state index is -3.32. The third kappa shape index (κ3) is 4.28. The molecule has 1 aliphatic rings. The van der Waals surface area contributed by atoms with Crippen molar-refractivity contribution >= 4 is 31.7 Å². The van der Waals surface area contributed by atoms with Gasteiger partial charge in [-0.05, 0) is 45.8 Å². The lowest BCUT2D eigenvalue weighted by Gasteiger charge is -2.12. The summed E-state index contributed by atoms with van der Waals surface area (Å²) in [5.74, 6) is -1.09. The molecule has 1 aliphatic carbocycles. The van der Waals surface area contributed by atoms with Gasteiger partial charge in [0.2, 0.25) is 0 Å². The zero-order valence-electron chi connectivity index (χ0n) is 10.2. The van der Waals surface area contributed by atoms with Crippen LogP contribution in [0.2, 0.25) is 0 Å². The van der Waals surface area contributed by atoms with Crippen LogP contribution < -0.4 is 0 Å². The zero-order valence-corrected chi connectivity index (χ0v) is 12.6. The third-order valence-electron chi connectivity index (χ3n) is 3.16. The molecule has 1 saturated carbocycles. The topological polar surface area (TPSA) is 84.3 Å². The molecule has 0 aromatic carbocycles. The molecule has 0 amide bonds. The van der Waals surface area contributed by atoms with Gasteiger partial charge in [0.05, 0.1) is 17.9 Å². The fourth-order valence-corrected chi connectivity index (χ4v) is 4.68. The van der Waals surface area contributed by atoms with Crippen LogP contribution in [0.5, 0.6) is 0 Å². The number of aliphatic carboxylic acids is 1. The lowest BCUT2D eigenvalue weighted by atomic mass is 10.1. The standard InChI is InChI=1S/C12H14BrNO4S/c13-10-3-9(5-14-6-10)7-19(17,18)8-12(1-2-12)4-11(15)16/h3,5-6H,1-2,4,7-8H2,(H,15,16). The summed E-state index contributed by atoms with van der Waals surface area (Å²) >= 11 is 3.24. The molecule has 0 radical (unpaired) electrons. The zero-order chi connectivity index (χ0) is 14.1. The van der Waals surface area contributed by atoms with Crippen molar-refractivity contribution < 1.29 is 18.3 Å². The first-order valence-electron chi connectivity index (χ1n) is 5.82. The van der Waals surface area contributed by atoms with E-state index < -0.39 is 21.2 Å². The van der Waals surface area contributed by atoms with Crippen LogP contribution >= 0.6 is 15.9 Å². The van der Waals surface area contributed by atoms with Gasteiger partial charge in [-0.2, -0.15) is 0 Å². The average molecular weight is 348 g/mol. The van der Waals surface area contributed by atoms with Gasteiger partial charge < -0.3 is 5.11 Å². The lowest BCUT2D eigenvalue weighted by Crippen LogP contribution is -2.21. The van der Waals surface area contributed by atoms with Crippen molar-refractivity contribution in [2.45, 2.75) is 25.0 Å². The number of aromatic nitrogens is 1. The Bertz CT molecular complexity index is 596. The Morgan fingerprint density at radius 2 is 2.11 bits per heavy atom. The molecule has 0 bridgehead atoms. The van der Waals surface area contributed by atoms with Crippen molar-refractivity contribution in [3.8, 4) is 0 Å². The van der Waals surface area contributed by atoms with E-state index in [9.17, 15) is 13.2 Å². The van der Waals surface area contributed by atoms with Gasteiger partial charge in [-0.3, -0.25) is 9.78 Å². The summed E-state index contributed by atoms with van der Waals surface area (Å²) in [6.07, 6.45) is 4.38. The van der Waals surface area contributed by atoms with Crippen LogP contribution in [-0.2, 0) is 20.4 Å². The molecule has 1 aromatic heterocycles. The maximum absolute atomic E-state index is 12.1. The van der Waals surface area contributed by atoms with Crippen molar-refractivity contribution in [3.05, 3.63) is 28.5 Å². The van der Waals surface area contributed by atoms with Gasteiger partial charge in [-0.25, -0.2) is 8.42 Å². The third-order valence-corrected chi connectivity index (χ3v) is 5.42. The van der Waals surface area contributed by atoms with E-state index in [2.05, 4.69) is 20.9 Å². The highest BCUT2D eigenvalue weighted by Gasteiger charge is 2.47. The van der Waals surface area contributed by atoms with Gasteiger partial charge >= 0.3 is 5.97 Å². The molecule has 2 rings (SSSR count). The predicted molar refractivity (Wildman–Crippen MR) is 73.3 cm³/mol. The minimum absolute atomic E-state index is 0.0567. The SMILES string of the molecule is O=C(O)CC1(CS(=O)(=O)Cc2cncc(Br)c2)CC1. The van der Waals surface area contributed by atoms with E-state index in [1.54, 1.807) is 12.3 Å². The summed E-state index contributed by atoms with van der Waals surface area (Å²) in [5.41, 5.74) is 0.0740. The molecular weight excluding hydrogens is 334 g/mol. The molecule has 0 atom stereocenters. The van der Waals surface area contributed by atoms with Crippen LogP contribution in [-0.4, -0.2) is 30.2 Å². The number of hydrogen-bond donors (Lipinski definition) is 1. The van der Waals surface area contributed by atoms with E-state index in [0.717, 1.165) is 4.47 Å². The summed E-state index contributed by atoms with van der Waals surface area (Å²) in [5, 5.41) is 8.80. The molecule has 0 unspecified atom stereocenters. The van der Waals surface area contributed by atoms with Crippen molar-refractivity contribution in [1.82, 2.24) is 4.98 Å². The minimum Gasteiger partial charge on any atom is -0.481 e. The number of carboxylic acid groups (broad SMARTS) is 1. The summed E-state index contributed by atoms with van der Waals surface area (Å²) in [6, 6.07) is 1.71. The van der Waals surface area contributed by atoms with Crippen molar-refractivity contribution in [2.75, 3.05) is 5.75 Å². The van der Waals surface area contributed by atoms with Crippen LogP contribution in [0.4, 0.5) is 0 Å². The summed E-state index contributed by atoms with van der Waals surface area (Å²) in [7, 11) is -3.32. The van der Waals surface area contributed by atoms with E-state index in [1.165, 1.54) is 6.20 Å². The fraction of sp³-hybridized carbons (Fsp3) is 0.500. The number of rotatable bonds is 6. The molecule has 1 aromatic rings. The molecule has 1 heterocycles. The second kappa shape index (κ2) is 5.20. The highest BCUT2D eigenvalue weighted by molar-refractivity contribution is 9.10. The second-order valence-electron chi connectivity index (χ2n) is 5.11. The molecule has 5 nitrogen and oxygen atoms in total. The Balaban J connectivity index is 2.05. The summed E-state index contributed by atoms with van der Waals surface area (Å²) < 4.78 is 25.0. The molecule has 1 N–H and O–H groups in total. The van der Waals surface area contributed by atoms with Crippen LogP contribution in [0.25, 0.3) is 0 Å². The van der Waals surface area contributed by atoms with Crippen LogP contribution in [0, 0.1) is 5.41 Å². The Morgan fingerprint density at radius 3 is 2.63 bits per heavy atom. The molecule has 19 heavy (non-hydrogen) atoms. The number of nitrogens with zero attached hydrogens (tertiary/aromatic N) is 1. The smallest absolute Gasteiger partial charge is 0.303 e. The molecule has 1 fully saturated rings. The maximum atomic E-state index is 12.1. The second-order valence-corrected chi connectivity index (χ2v) is 8.09. The largest absolute Gasteiger partial charge is 0.481 e. The number of carbonyl (C=O) groups is 1. The Hall–Kier alpha value is -0.950. The molecule has 0 saturated heterocycles. The van der Waals surface area contributed by atoms with E-state index in [1.807, 2.05) is 0 Å². The molecule has 104 valence electrons.